The van der Waals surface area contributed by atoms with Crippen LogP contribution < -0.4 is 5.32 Å². The molecule has 3 aromatic rings. The average Bonchev–Trinajstić information content (AvgIpc) is 2.85. The Morgan fingerprint density at radius 1 is 0.970 bits per heavy atom. The van der Waals surface area contributed by atoms with Crippen molar-refractivity contribution in [3.05, 3.63) is 90.0 Å². The van der Waals surface area contributed by atoms with E-state index in [-0.39, 0.29) is 10.8 Å². The monoisotopic (exact) mass is 482 g/mol. The lowest BCUT2D eigenvalue weighted by Gasteiger charge is -2.26. The minimum atomic E-state index is -3.66. The van der Waals surface area contributed by atoms with Gasteiger partial charge in [0.25, 0.3) is 0 Å². The summed E-state index contributed by atoms with van der Waals surface area (Å²) in [4.78, 5) is 14.6. The highest BCUT2D eigenvalue weighted by atomic mass is 32.2. The van der Waals surface area contributed by atoms with Crippen LogP contribution in [0.5, 0.6) is 0 Å². The molecule has 0 aromatic heterocycles. The number of ether oxygens (including phenoxy) is 1. The fourth-order valence-corrected chi connectivity index (χ4v) is 6.05. The third-order valence-electron chi connectivity index (χ3n) is 5.41. The number of rotatable bonds is 7. The van der Waals surface area contributed by atoms with Crippen LogP contribution in [0, 0.1) is 6.92 Å². The Hall–Kier alpha value is -2.65. The summed E-state index contributed by atoms with van der Waals surface area (Å²) in [7, 11) is -3.66. The molecule has 3 aromatic carbocycles. The van der Waals surface area contributed by atoms with E-state index in [1.165, 1.54) is 16.1 Å². The van der Waals surface area contributed by atoms with Crippen LogP contribution in [-0.2, 0) is 19.6 Å². The van der Waals surface area contributed by atoms with Gasteiger partial charge in [-0.3, -0.25) is 4.79 Å². The number of nitrogens with one attached hydrogen (secondary N) is 1. The van der Waals surface area contributed by atoms with E-state index in [4.69, 9.17) is 4.74 Å². The van der Waals surface area contributed by atoms with E-state index in [1.54, 1.807) is 18.2 Å². The fraction of sp³-hybridized carbons (Fsp3) is 0.240. The van der Waals surface area contributed by atoms with Gasteiger partial charge in [0.1, 0.15) is 5.25 Å². The maximum atomic E-state index is 13.4. The second kappa shape index (κ2) is 10.5. The molecule has 1 N–H and O–H groups in total. The average molecular weight is 483 g/mol. The molecule has 0 unspecified atom stereocenters. The van der Waals surface area contributed by atoms with Crippen LogP contribution in [0.2, 0.25) is 0 Å². The summed E-state index contributed by atoms with van der Waals surface area (Å²) in [6.45, 7) is 3.25. The van der Waals surface area contributed by atoms with Crippen LogP contribution in [0.3, 0.4) is 0 Å². The molecule has 1 saturated heterocycles. The van der Waals surface area contributed by atoms with Gasteiger partial charge in [0.15, 0.2) is 0 Å². The van der Waals surface area contributed by atoms with Gasteiger partial charge in [-0.1, -0.05) is 54.6 Å². The molecule has 0 bridgehead atoms. The highest BCUT2D eigenvalue weighted by Crippen LogP contribution is 2.36. The summed E-state index contributed by atoms with van der Waals surface area (Å²) in [5.74, 6) is -0.209. The van der Waals surface area contributed by atoms with Gasteiger partial charge in [0.2, 0.25) is 15.9 Å². The van der Waals surface area contributed by atoms with Gasteiger partial charge in [-0.05, 0) is 42.3 Å². The standard InChI is InChI=1S/C25H26N2O4S2/c1-19-12-13-22(33(29,30)27-14-16-31-17-15-27)18-23(19)26-25(28)24(20-8-4-2-5-9-20)32-21-10-6-3-7-11-21/h2-13,18,24H,14-17H2,1H3,(H,26,28)/t24-/m1/s1. The maximum absolute atomic E-state index is 13.4. The van der Waals surface area contributed by atoms with Gasteiger partial charge < -0.3 is 10.1 Å². The third-order valence-corrected chi connectivity index (χ3v) is 8.57. The van der Waals surface area contributed by atoms with Gasteiger partial charge in [0, 0.05) is 23.7 Å². The van der Waals surface area contributed by atoms with E-state index >= 15 is 0 Å². The van der Waals surface area contributed by atoms with Crippen molar-refractivity contribution < 1.29 is 17.9 Å². The number of carbonyl (C=O) groups is 1. The first-order valence-corrected chi connectivity index (χ1v) is 13.0. The van der Waals surface area contributed by atoms with Crippen LogP contribution in [0.4, 0.5) is 5.69 Å². The summed E-state index contributed by atoms with van der Waals surface area (Å²) in [6, 6.07) is 24.2. The Balaban J connectivity index is 1.61. The smallest absolute Gasteiger partial charge is 0.243 e. The Morgan fingerprint density at radius 3 is 2.27 bits per heavy atom. The van der Waals surface area contributed by atoms with Crippen molar-refractivity contribution in [2.24, 2.45) is 0 Å². The predicted octanol–water partition coefficient (Wildman–Crippen LogP) is 4.49. The van der Waals surface area contributed by atoms with Crippen molar-refractivity contribution in [3.63, 3.8) is 0 Å². The lowest BCUT2D eigenvalue weighted by Crippen LogP contribution is -2.40. The molecule has 0 radical (unpaired) electrons. The highest BCUT2D eigenvalue weighted by molar-refractivity contribution is 8.00. The second-order valence-electron chi connectivity index (χ2n) is 7.70. The first-order valence-electron chi connectivity index (χ1n) is 10.7. The summed E-state index contributed by atoms with van der Waals surface area (Å²) in [5.41, 5.74) is 2.16. The number of nitrogens with zero attached hydrogens (tertiary/aromatic N) is 1. The van der Waals surface area contributed by atoms with Crippen molar-refractivity contribution >= 4 is 33.4 Å². The van der Waals surface area contributed by atoms with E-state index in [0.29, 0.717) is 32.0 Å². The molecule has 1 amide bonds. The predicted molar refractivity (Wildman–Crippen MR) is 131 cm³/mol. The van der Waals surface area contributed by atoms with E-state index in [0.717, 1.165) is 16.0 Å². The van der Waals surface area contributed by atoms with Gasteiger partial charge in [-0.15, -0.1) is 11.8 Å². The number of carbonyl (C=O) groups excluding carboxylic acids is 1. The number of morpholine rings is 1. The number of amides is 1. The quantitative estimate of drug-likeness (QED) is 0.502. The lowest BCUT2D eigenvalue weighted by molar-refractivity contribution is -0.115. The van der Waals surface area contributed by atoms with Crippen LogP contribution in [0.25, 0.3) is 0 Å². The molecular weight excluding hydrogens is 456 g/mol. The first kappa shape index (κ1) is 23.5. The third kappa shape index (κ3) is 5.65. The molecule has 4 rings (SSSR count). The topological polar surface area (TPSA) is 75.7 Å². The van der Waals surface area contributed by atoms with Crippen molar-refractivity contribution in [2.45, 2.75) is 22.0 Å². The van der Waals surface area contributed by atoms with E-state index in [1.807, 2.05) is 67.6 Å². The summed E-state index contributed by atoms with van der Waals surface area (Å²) in [5, 5.41) is 2.48. The maximum Gasteiger partial charge on any atom is 0.243 e. The molecule has 1 atom stereocenters. The molecule has 1 fully saturated rings. The summed E-state index contributed by atoms with van der Waals surface area (Å²) in [6.07, 6.45) is 0. The Morgan fingerprint density at radius 2 is 1.61 bits per heavy atom. The fourth-order valence-electron chi connectivity index (χ4n) is 3.57. The molecule has 1 aliphatic heterocycles. The number of anilines is 1. The Labute approximate surface area is 199 Å². The molecule has 0 aliphatic carbocycles. The molecule has 172 valence electrons. The molecule has 1 aliphatic rings. The zero-order chi connectivity index (χ0) is 23.3. The van der Waals surface area contributed by atoms with E-state index in [9.17, 15) is 13.2 Å². The van der Waals surface area contributed by atoms with Crippen molar-refractivity contribution in [2.75, 3.05) is 31.6 Å². The molecule has 0 spiro atoms. The highest BCUT2D eigenvalue weighted by Gasteiger charge is 2.28. The minimum Gasteiger partial charge on any atom is -0.379 e. The van der Waals surface area contributed by atoms with Crippen molar-refractivity contribution in [1.82, 2.24) is 4.31 Å². The van der Waals surface area contributed by atoms with Gasteiger partial charge >= 0.3 is 0 Å². The number of thioether (sulfide) groups is 1. The molecule has 1 heterocycles. The van der Waals surface area contributed by atoms with E-state index in [2.05, 4.69) is 5.32 Å². The number of sulfonamides is 1. The number of aryl methyl sites for hydroxylation is 1. The molecule has 0 saturated carbocycles. The van der Waals surface area contributed by atoms with Gasteiger partial charge in [0.05, 0.1) is 18.1 Å². The molecule has 33 heavy (non-hydrogen) atoms. The zero-order valence-corrected chi connectivity index (χ0v) is 19.9. The molecule has 8 heteroatoms. The largest absolute Gasteiger partial charge is 0.379 e. The second-order valence-corrected chi connectivity index (χ2v) is 10.8. The van der Waals surface area contributed by atoms with Crippen LogP contribution in [0.1, 0.15) is 16.4 Å². The summed E-state index contributed by atoms with van der Waals surface area (Å²) >= 11 is 1.46. The van der Waals surface area contributed by atoms with Crippen molar-refractivity contribution in [3.8, 4) is 0 Å². The number of benzene rings is 3. The minimum absolute atomic E-state index is 0.164. The zero-order valence-electron chi connectivity index (χ0n) is 18.3. The Kier molecular flexibility index (Phi) is 7.49. The number of hydrogen-bond acceptors (Lipinski definition) is 5. The van der Waals surface area contributed by atoms with Crippen molar-refractivity contribution in [1.29, 1.82) is 0 Å². The van der Waals surface area contributed by atoms with Gasteiger partial charge in [-0.2, -0.15) is 4.31 Å². The van der Waals surface area contributed by atoms with E-state index < -0.39 is 15.3 Å². The van der Waals surface area contributed by atoms with Gasteiger partial charge in [-0.25, -0.2) is 8.42 Å². The summed E-state index contributed by atoms with van der Waals surface area (Å²) < 4.78 is 32.9. The van der Waals surface area contributed by atoms with Crippen LogP contribution >= 0.6 is 11.8 Å². The molecule has 6 nitrogen and oxygen atoms in total. The number of hydrogen-bond donors (Lipinski definition) is 1. The SMILES string of the molecule is Cc1ccc(S(=O)(=O)N2CCOCC2)cc1NC(=O)[C@H](Sc1ccccc1)c1ccccc1. The normalized spacial score (nSPS) is 15.7. The first-order chi connectivity index (χ1) is 15.9. The lowest BCUT2D eigenvalue weighted by atomic mass is 10.1. The van der Waals surface area contributed by atoms with Crippen LogP contribution in [0.15, 0.2) is 88.7 Å². The Bertz CT molecular complexity index is 1200. The molecular formula is C25H26N2O4S2. The van der Waals surface area contributed by atoms with Crippen LogP contribution in [-0.4, -0.2) is 44.9 Å².